The Labute approximate surface area is 461 Å². The van der Waals surface area contributed by atoms with Crippen LogP contribution in [0.25, 0.3) is 0 Å². The van der Waals surface area contributed by atoms with Gasteiger partial charge in [-0.1, -0.05) is 50.3 Å². The van der Waals surface area contributed by atoms with Crippen LogP contribution in [0.15, 0.2) is 166 Å². The molecular formula is C61H68N6O12. The average molecular weight is 1080 g/mol. The zero-order valence-electron chi connectivity index (χ0n) is 45.4. The van der Waals surface area contributed by atoms with E-state index >= 15 is 0 Å². The molecule has 0 saturated carbocycles. The van der Waals surface area contributed by atoms with E-state index in [1.54, 1.807) is 110 Å². The summed E-state index contributed by atoms with van der Waals surface area (Å²) in [6.45, 7) is 17.0. The SMILES string of the molecule is C=CCc1ccc(OC(=O)C(C)NC(=O)c2cccnc2)c(OC)c1.C=CCc1ccc(OC(=O)C(CC(C)C)NC(=O)c2cccnc2)c(OC)c1.C=CCc1ccc(OC(=O)CCCNC(=O)c2cccnc2)c(OC)c1. The Hall–Kier alpha value is -9.45. The first-order valence-electron chi connectivity index (χ1n) is 25.2. The number of carbonyl (C=O) groups is 6. The Bertz CT molecular complexity index is 2970. The predicted molar refractivity (Wildman–Crippen MR) is 300 cm³/mol. The molecule has 0 radical (unpaired) electrons. The molecule has 2 atom stereocenters. The number of amides is 3. The molecule has 414 valence electrons. The summed E-state index contributed by atoms with van der Waals surface area (Å²) in [6.07, 6.45) is 17.7. The quantitative estimate of drug-likeness (QED) is 0.0210. The lowest BCUT2D eigenvalue weighted by Gasteiger charge is -2.20. The van der Waals surface area contributed by atoms with Crippen LogP contribution in [0, 0.1) is 5.92 Å². The van der Waals surface area contributed by atoms with Gasteiger partial charge >= 0.3 is 17.9 Å². The molecule has 79 heavy (non-hydrogen) atoms. The third kappa shape index (κ3) is 21.2. The lowest BCUT2D eigenvalue weighted by molar-refractivity contribution is -0.137. The van der Waals surface area contributed by atoms with Crippen LogP contribution in [0.5, 0.6) is 34.5 Å². The summed E-state index contributed by atoms with van der Waals surface area (Å²) < 4.78 is 32.1. The first-order chi connectivity index (χ1) is 38.1. The van der Waals surface area contributed by atoms with Gasteiger partial charge in [0.15, 0.2) is 34.5 Å². The second-order valence-corrected chi connectivity index (χ2v) is 17.7. The monoisotopic (exact) mass is 1080 g/mol. The number of pyridine rings is 3. The van der Waals surface area contributed by atoms with Crippen molar-refractivity contribution in [3.8, 4) is 34.5 Å². The third-order valence-electron chi connectivity index (χ3n) is 11.1. The summed E-state index contributed by atoms with van der Waals surface area (Å²) in [4.78, 5) is 85.0. The number of hydrogen-bond acceptors (Lipinski definition) is 15. The molecule has 6 aromatic rings. The second-order valence-electron chi connectivity index (χ2n) is 17.7. The number of ether oxygens (including phenoxy) is 6. The van der Waals surface area contributed by atoms with Crippen LogP contribution in [0.2, 0.25) is 0 Å². The molecule has 0 fully saturated rings. The molecule has 18 nitrogen and oxygen atoms in total. The zero-order valence-corrected chi connectivity index (χ0v) is 45.4. The van der Waals surface area contributed by atoms with E-state index < -0.39 is 29.9 Å². The van der Waals surface area contributed by atoms with E-state index in [4.69, 9.17) is 28.4 Å². The fraction of sp³-hybridized carbons (Fsp3) is 0.262. The first kappa shape index (κ1) is 62.1. The Balaban J connectivity index is 0.000000256. The third-order valence-corrected chi connectivity index (χ3v) is 11.1. The number of nitrogens with one attached hydrogen (secondary N) is 3. The van der Waals surface area contributed by atoms with E-state index in [1.807, 2.05) is 38.1 Å². The number of benzene rings is 3. The number of aromatic nitrogens is 3. The summed E-state index contributed by atoms with van der Waals surface area (Å²) in [5.41, 5.74) is 4.25. The van der Waals surface area contributed by atoms with Crippen LogP contribution in [-0.4, -0.2) is 90.5 Å². The molecule has 0 aliphatic heterocycles. The van der Waals surface area contributed by atoms with E-state index in [9.17, 15) is 28.8 Å². The minimum absolute atomic E-state index is 0.184. The highest BCUT2D eigenvalue weighted by Crippen LogP contribution is 2.31. The van der Waals surface area contributed by atoms with E-state index in [2.05, 4.69) is 50.6 Å². The summed E-state index contributed by atoms with van der Waals surface area (Å²) >= 11 is 0. The van der Waals surface area contributed by atoms with Crippen LogP contribution in [0.4, 0.5) is 0 Å². The fourth-order valence-electron chi connectivity index (χ4n) is 7.11. The molecule has 3 aromatic carbocycles. The summed E-state index contributed by atoms with van der Waals surface area (Å²) in [6, 6.07) is 24.3. The maximum Gasteiger partial charge on any atom is 0.334 e. The molecule has 0 bridgehead atoms. The zero-order chi connectivity index (χ0) is 57.5. The van der Waals surface area contributed by atoms with E-state index in [1.165, 1.54) is 39.9 Å². The number of rotatable bonds is 25. The Kier molecular flexibility index (Phi) is 26.4. The summed E-state index contributed by atoms with van der Waals surface area (Å²) in [5.74, 6) is 0.0698. The Morgan fingerprint density at radius 3 is 1.32 bits per heavy atom. The molecule has 0 aliphatic rings. The molecule has 18 heteroatoms. The number of allylic oxidation sites excluding steroid dienone is 3. The Morgan fingerprint density at radius 2 is 0.924 bits per heavy atom. The first-order valence-corrected chi connectivity index (χ1v) is 25.2. The van der Waals surface area contributed by atoms with Crippen molar-refractivity contribution in [2.45, 2.75) is 71.4 Å². The minimum Gasteiger partial charge on any atom is -0.493 e. The van der Waals surface area contributed by atoms with Gasteiger partial charge in [-0.2, -0.15) is 0 Å². The van der Waals surface area contributed by atoms with Gasteiger partial charge in [-0.05, 0) is 134 Å². The van der Waals surface area contributed by atoms with Gasteiger partial charge in [-0.25, -0.2) is 9.59 Å². The molecular weight excluding hydrogens is 1010 g/mol. The number of hydrogen-bond donors (Lipinski definition) is 3. The molecule has 0 saturated heterocycles. The van der Waals surface area contributed by atoms with Crippen molar-refractivity contribution in [2.75, 3.05) is 27.9 Å². The van der Waals surface area contributed by atoms with Crippen molar-refractivity contribution < 1.29 is 57.2 Å². The summed E-state index contributed by atoms with van der Waals surface area (Å²) in [5, 5.41) is 8.07. The average Bonchev–Trinajstić information content (AvgIpc) is 3.46. The molecule has 2 unspecified atom stereocenters. The van der Waals surface area contributed by atoms with Crippen molar-refractivity contribution in [1.29, 1.82) is 0 Å². The lowest BCUT2D eigenvalue weighted by Crippen LogP contribution is -2.43. The molecule has 0 aliphatic carbocycles. The van der Waals surface area contributed by atoms with Gasteiger partial charge < -0.3 is 44.4 Å². The van der Waals surface area contributed by atoms with Gasteiger partial charge in [-0.15, -0.1) is 19.7 Å². The number of carbonyl (C=O) groups excluding carboxylic acids is 6. The summed E-state index contributed by atoms with van der Waals surface area (Å²) in [7, 11) is 4.54. The maximum absolute atomic E-state index is 12.8. The molecule has 3 N–H and O–H groups in total. The molecule has 3 heterocycles. The normalized spacial score (nSPS) is 11.0. The van der Waals surface area contributed by atoms with E-state index in [0.29, 0.717) is 89.8 Å². The van der Waals surface area contributed by atoms with Gasteiger partial charge in [-0.3, -0.25) is 34.1 Å². The lowest BCUT2D eigenvalue weighted by atomic mass is 10.0. The molecule has 3 aromatic heterocycles. The second kappa shape index (κ2) is 33.6. The van der Waals surface area contributed by atoms with Gasteiger partial charge in [0.1, 0.15) is 12.1 Å². The smallest absolute Gasteiger partial charge is 0.334 e. The largest absolute Gasteiger partial charge is 0.493 e. The van der Waals surface area contributed by atoms with E-state index in [-0.39, 0.29) is 30.1 Å². The van der Waals surface area contributed by atoms with Crippen LogP contribution < -0.4 is 44.4 Å². The molecule has 0 spiro atoms. The van der Waals surface area contributed by atoms with Crippen LogP contribution in [0.3, 0.4) is 0 Å². The van der Waals surface area contributed by atoms with Crippen molar-refractivity contribution in [2.24, 2.45) is 5.92 Å². The number of nitrogens with zero attached hydrogens (tertiary/aromatic N) is 3. The fourth-order valence-corrected chi connectivity index (χ4v) is 7.11. The number of esters is 3. The Morgan fingerprint density at radius 1 is 0.519 bits per heavy atom. The van der Waals surface area contributed by atoms with Gasteiger partial charge in [0.2, 0.25) is 0 Å². The van der Waals surface area contributed by atoms with Crippen LogP contribution >= 0.6 is 0 Å². The minimum atomic E-state index is -0.828. The standard InChI is InChI=1S/C22H26N2O4.C20H22N2O4.C19H20N2O4/c1-5-7-16-9-10-19(20(13-16)27-4)28-22(26)18(12-15(2)3)24-21(25)17-8-6-11-23-14-17;1-3-6-15-9-10-17(18(13-15)25-2)26-19(23)8-5-12-22-20(24)16-7-4-11-21-14-16;1-4-6-14-8-9-16(17(11-14)24-3)25-19(23)13(2)21-18(22)15-7-5-10-20-12-15/h5-6,8-11,13-15,18H,1,7,12H2,2-4H3,(H,24,25);3-4,7,9-11,13-14H,1,5-6,8,12H2,2H3,(H,22,24);4-5,7-13H,1,6H2,2-3H3,(H,21,22). The highest BCUT2D eigenvalue weighted by atomic mass is 16.6. The van der Waals surface area contributed by atoms with E-state index in [0.717, 1.165) is 16.7 Å². The van der Waals surface area contributed by atoms with Crippen LogP contribution in [0.1, 0.15) is 87.8 Å². The maximum atomic E-state index is 12.8. The number of methoxy groups -OCH3 is 3. The van der Waals surface area contributed by atoms with Crippen molar-refractivity contribution in [3.05, 3.63) is 200 Å². The van der Waals surface area contributed by atoms with Crippen molar-refractivity contribution in [1.82, 2.24) is 30.9 Å². The predicted octanol–water partition coefficient (Wildman–Crippen LogP) is 9.05. The van der Waals surface area contributed by atoms with Gasteiger partial charge in [0.05, 0.1) is 38.0 Å². The highest BCUT2D eigenvalue weighted by Gasteiger charge is 2.26. The van der Waals surface area contributed by atoms with Gasteiger partial charge in [0, 0.05) is 50.1 Å². The topological polar surface area (TPSA) is 233 Å². The highest BCUT2D eigenvalue weighted by molar-refractivity contribution is 5.97. The molecule has 3 amide bonds. The van der Waals surface area contributed by atoms with Gasteiger partial charge in [0.25, 0.3) is 17.7 Å². The van der Waals surface area contributed by atoms with Crippen molar-refractivity contribution in [3.63, 3.8) is 0 Å². The van der Waals surface area contributed by atoms with Crippen molar-refractivity contribution >= 4 is 35.6 Å². The molecule has 6 rings (SSSR count). The van der Waals surface area contributed by atoms with Crippen LogP contribution in [-0.2, 0) is 33.6 Å².